The second-order valence-electron chi connectivity index (χ2n) is 6.56. The molecule has 0 atom stereocenters. The maximum absolute atomic E-state index is 12.5. The average Bonchev–Trinajstić information content (AvgIpc) is 2.54. The van der Waals surface area contributed by atoms with E-state index in [4.69, 9.17) is 21.1 Å². The van der Waals surface area contributed by atoms with E-state index in [9.17, 15) is 4.79 Å². The second-order valence-corrected chi connectivity index (χ2v) is 7.00. The van der Waals surface area contributed by atoms with E-state index in [2.05, 4.69) is 5.32 Å². The zero-order valence-electron chi connectivity index (χ0n) is 15.0. The number of benzene rings is 2. The lowest BCUT2D eigenvalue weighted by Gasteiger charge is -2.25. The highest BCUT2D eigenvalue weighted by Gasteiger charge is 2.29. The topological polar surface area (TPSA) is 47.6 Å². The summed E-state index contributed by atoms with van der Waals surface area (Å²) in [7, 11) is 0. The molecule has 0 bridgehead atoms. The predicted molar refractivity (Wildman–Crippen MR) is 100 cm³/mol. The van der Waals surface area contributed by atoms with Gasteiger partial charge in [-0.3, -0.25) is 4.79 Å². The Morgan fingerprint density at radius 1 is 1.12 bits per heavy atom. The fourth-order valence-electron chi connectivity index (χ4n) is 2.24. The molecule has 0 aliphatic rings. The van der Waals surface area contributed by atoms with E-state index in [0.717, 1.165) is 11.3 Å². The molecule has 0 fully saturated rings. The van der Waals surface area contributed by atoms with Crippen LogP contribution in [0.3, 0.4) is 0 Å². The van der Waals surface area contributed by atoms with Crippen molar-refractivity contribution in [3.63, 3.8) is 0 Å². The molecule has 0 saturated heterocycles. The van der Waals surface area contributed by atoms with E-state index >= 15 is 0 Å². The molecule has 0 aliphatic carbocycles. The molecule has 1 N–H and O–H groups in total. The van der Waals surface area contributed by atoms with Crippen LogP contribution in [0.2, 0.25) is 5.02 Å². The molecular formula is C20H24ClNO3. The van der Waals surface area contributed by atoms with Gasteiger partial charge in [-0.1, -0.05) is 23.7 Å². The van der Waals surface area contributed by atoms with Gasteiger partial charge in [0.25, 0.3) is 5.91 Å². The summed E-state index contributed by atoms with van der Waals surface area (Å²) >= 11 is 5.86. The number of rotatable bonds is 7. The van der Waals surface area contributed by atoms with Crippen LogP contribution in [0, 0.1) is 0 Å². The Morgan fingerprint density at radius 2 is 1.80 bits per heavy atom. The zero-order valence-corrected chi connectivity index (χ0v) is 15.8. The van der Waals surface area contributed by atoms with E-state index in [1.165, 1.54) is 0 Å². The highest BCUT2D eigenvalue weighted by molar-refractivity contribution is 6.30. The predicted octanol–water partition coefficient (Wildman–Crippen LogP) is 4.60. The van der Waals surface area contributed by atoms with Crippen molar-refractivity contribution in [3.8, 4) is 11.5 Å². The Labute approximate surface area is 154 Å². The van der Waals surface area contributed by atoms with Gasteiger partial charge in [-0.2, -0.15) is 0 Å². The first kappa shape index (κ1) is 19.1. The number of carbonyl (C=O) groups is 1. The van der Waals surface area contributed by atoms with E-state index in [-0.39, 0.29) is 12.0 Å². The van der Waals surface area contributed by atoms with Gasteiger partial charge in [0.05, 0.1) is 6.10 Å². The number of halogens is 1. The Balaban J connectivity index is 1.95. The van der Waals surface area contributed by atoms with Crippen LogP contribution in [0.1, 0.15) is 33.3 Å². The number of carbonyl (C=O) groups excluding carboxylic acids is 1. The van der Waals surface area contributed by atoms with Gasteiger partial charge in [-0.15, -0.1) is 0 Å². The van der Waals surface area contributed by atoms with Gasteiger partial charge in [0.1, 0.15) is 11.5 Å². The number of hydrogen-bond acceptors (Lipinski definition) is 3. The molecule has 4 nitrogen and oxygen atoms in total. The molecule has 0 saturated carbocycles. The Kier molecular flexibility index (Phi) is 6.32. The number of nitrogens with one attached hydrogen (secondary N) is 1. The average molecular weight is 362 g/mol. The van der Waals surface area contributed by atoms with Crippen molar-refractivity contribution in [2.75, 3.05) is 0 Å². The van der Waals surface area contributed by atoms with Crippen molar-refractivity contribution >= 4 is 17.5 Å². The minimum Gasteiger partial charge on any atom is -0.491 e. The van der Waals surface area contributed by atoms with Crippen LogP contribution in [0.25, 0.3) is 0 Å². The van der Waals surface area contributed by atoms with Crippen molar-refractivity contribution in [1.29, 1.82) is 0 Å². The van der Waals surface area contributed by atoms with Crippen molar-refractivity contribution in [2.24, 2.45) is 0 Å². The standard InChI is InChI=1S/C20H24ClNO3/c1-14(2)24-18-7-5-6-15(12-18)13-22-19(23)20(3,4)25-17-10-8-16(21)9-11-17/h5-12,14H,13H2,1-4H3,(H,22,23). The molecule has 0 aliphatic heterocycles. The maximum Gasteiger partial charge on any atom is 0.263 e. The Morgan fingerprint density at radius 3 is 2.44 bits per heavy atom. The second kappa shape index (κ2) is 8.26. The molecule has 25 heavy (non-hydrogen) atoms. The van der Waals surface area contributed by atoms with Crippen molar-refractivity contribution < 1.29 is 14.3 Å². The van der Waals surface area contributed by atoms with Crippen LogP contribution in [0.4, 0.5) is 0 Å². The van der Waals surface area contributed by atoms with Gasteiger partial charge < -0.3 is 14.8 Å². The Hall–Kier alpha value is -2.20. The van der Waals surface area contributed by atoms with Crippen LogP contribution in [-0.4, -0.2) is 17.6 Å². The zero-order chi connectivity index (χ0) is 18.4. The van der Waals surface area contributed by atoms with Gasteiger partial charge in [-0.05, 0) is 69.7 Å². The monoisotopic (exact) mass is 361 g/mol. The lowest BCUT2D eigenvalue weighted by Crippen LogP contribution is -2.46. The van der Waals surface area contributed by atoms with Crippen molar-refractivity contribution in [2.45, 2.75) is 45.9 Å². The van der Waals surface area contributed by atoms with Crippen LogP contribution < -0.4 is 14.8 Å². The van der Waals surface area contributed by atoms with E-state index in [1.807, 2.05) is 38.1 Å². The first-order valence-corrected chi connectivity index (χ1v) is 8.62. The molecule has 0 unspecified atom stereocenters. The van der Waals surface area contributed by atoms with E-state index < -0.39 is 5.60 Å². The molecule has 0 spiro atoms. The van der Waals surface area contributed by atoms with Crippen molar-refractivity contribution in [3.05, 3.63) is 59.1 Å². The summed E-state index contributed by atoms with van der Waals surface area (Å²) in [6.07, 6.45) is 0.108. The van der Waals surface area contributed by atoms with E-state index in [1.54, 1.807) is 38.1 Å². The summed E-state index contributed by atoms with van der Waals surface area (Å²) in [6.45, 7) is 7.82. The molecule has 2 rings (SSSR count). The SMILES string of the molecule is CC(C)Oc1cccc(CNC(=O)C(C)(C)Oc2ccc(Cl)cc2)c1. The van der Waals surface area contributed by atoms with Crippen LogP contribution >= 0.6 is 11.6 Å². The highest BCUT2D eigenvalue weighted by atomic mass is 35.5. The smallest absolute Gasteiger partial charge is 0.263 e. The molecule has 2 aromatic carbocycles. The molecule has 134 valence electrons. The van der Waals surface area contributed by atoms with E-state index in [0.29, 0.717) is 17.3 Å². The largest absolute Gasteiger partial charge is 0.491 e. The fraction of sp³-hybridized carbons (Fsp3) is 0.350. The summed E-state index contributed by atoms with van der Waals surface area (Å²) in [5.41, 5.74) is -0.0337. The first-order valence-electron chi connectivity index (χ1n) is 8.25. The molecule has 0 aromatic heterocycles. The summed E-state index contributed by atoms with van der Waals surface area (Å²) in [4.78, 5) is 12.5. The lowest BCUT2D eigenvalue weighted by molar-refractivity contribution is -0.134. The molecule has 0 heterocycles. The molecular weight excluding hydrogens is 338 g/mol. The van der Waals surface area contributed by atoms with Gasteiger partial charge in [0.15, 0.2) is 5.60 Å². The molecule has 1 amide bonds. The summed E-state index contributed by atoms with van der Waals surface area (Å²) in [5.74, 6) is 1.19. The quantitative estimate of drug-likeness (QED) is 0.783. The summed E-state index contributed by atoms with van der Waals surface area (Å²) in [6, 6.07) is 14.6. The Bertz CT molecular complexity index is 711. The van der Waals surface area contributed by atoms with Crippen LogP contribution in [-0.2, 0) is 11.3 Å². The fourth-order valence-corrected chi connectivity index (χ4v) is 2.37. The molecule has 5 heteroatoms. The number of hydrogen-bond donors (Lipinski definition) is 1. The molecule has 2 aromatic rings. The van der Waals surface area contributed by atoms with Gasteiger partial charge in [-0.25, -0.2) is 0 Å². The third-order valence-electron chi connectivity index (χ3n) is 3.46. The highest BCUT2D eigenvalue weighted by Crippen LogP contribution is 2.21. The minimum atomic E-state index is -1.00. The number of ether oxygens (including phenoxy) is 2. The van der Waals surface area contributed by atoms with Crippen LogP contribution in [0.15, 0.2) is 48.5 Å². The summed E-state index contributed by atoms with van der Waals surface area (Å²) in [5, 5.41) is 3.53. The first-order chi connectivity index (χ1) is 11.8. The van der Waals surface area contributed by atoms with Gasteiger partial charge >= 0.3 is 0 Å². The van der Waals surface area contributed by atoms with Gasteiger partial charge in [0.2, 0.25) is 0 Å². The van der Waals surface area contributed by atoms with Crippen LogP contribution in [0.5, 0.6) is 11.5 Å². The third kappa shape index (κ3) is 5.98. The third-order valence-corrected chi connectivity index (χ3v) is 3.71. The van der Waals surface area contributed by atoms with Gasteiger partial charge in [0, 0.05) is 11.6 Å². The maximum atomic E-state index is 12.5. The normalized spacial score (nSPS) is 11.3. The molecule has 0 radical (unpaired) electrons. The minimum absolute atomic E-state index is 0.108. The number of amides is 1. The lowest BCUT2D eigenvalue weighted by atomic mass is 10.1. The van der Waals surface area contributed by atoms with Crippen molar-refractivity contribution in [1.82, 2.24) is 5.32 Å². The summed E-state index contributed by atoms with van der Waals surface area (Å²) < 4.78 is 11.5.